The molecule has 0 radical (unpaired) electrons. The van der Waals surface area contributed by atoms with Gasteiger partial charge in [0.25, 0.3) is 5.91 Å². The lowest BCUT2D eigenvalue weighted by Crippen LogP contribution is -2.44. The predicted molar refractivity (Wildman–Crippen MR) is 111 cm³/mol. The molecule has 2 N–H and O–H groups in total. The van der Waals surface area contributed by atoms with Gasteiger partial charge in [-0.2, -0.15) is 0 Å². The van der Waals surface area contributed by atoms with Crippen molar-refractivity contribution in [2.24, 2.45) is 0 Å². The highest BCUT2D eigenvalue weighted by molar-refractivity contribution is 5.94. The monoisotopic (exact) mass is 428 g/mol. The first kappa shape index (κ1) is 21.0. The van der Waals surface area contributed by atoms with Crippen LogP contribution in [-0.2, 0) is 14.2 Å². The van der Waals surface area contributed by atoms with E-state index in [1.165, 1.54) is 14.2 Å². The van der Waals surface area contributed by atoms with Gasteiger partial charge in [-0.1, -0.05) is 18.2 Å². The zero-order valence-corrected chi connectivity index (χ0v) is 17.2. The molecule has 4 atom stereocenters. The summed E-state index contributed by atoms with van der Waals surface area (Å²) in [5, 5.41) is 5.59. The van der Waals surface area contributed by atoms with Crippen LogP contribution in [0.4, 0.5) is 10.5 Å². The molecule has 164 valence electrons. The lowest BCUT2D eigenvalue weighted by molar-refractivity contribution is 0.00861. The summed E-state index contributed by atoms with van der Waals surface area (Å²) in [4.78, 5) is 24.8. The van der Waals surface area contributed by atoms with Gasteiger partial charge in [-0.25, -0.2) is 4.79 Å². The summed E-state index contributed by atoms with van der Waals surface area (Å²) in [7, 11) is 3.05. The number of carbonyl (C=O) groups is 2. The number of amides is 2. The van der Waals surface area contributed by atoms with Crippen LogP contribution in [0, 0.1) is 0 Å². The van der Waals surface area contributed by atoms with Crippen molar-refractivity contribution in [3.63, 3.8) is 0 Å². The van der Waals surface area contributed by atoms with Gasteiger partial charge in [-0.05, 0) is 12.1 Å². The summed E-state index contributed by atoms with van der Waals surface area (Å²) in [6, 6.07) is 13.6. The Labute approximate surface area is 179 Å². The van der Waals surface area contributed by atoms with Crippen molar-refractivity contribution in [3.8, 4) is 11.5 Å². The molecule has 0 aliphatic carbocycles. The molecule has 2 fully saturated rings. The molecule has 0 aromatic heterocycles. The van der Waals surface area contributed by atoms with Crippen LogP contribution < -0.4 is 20.1 Å². The van der Waals surface area contributed by atoms with E-state index in [2.05, 4.69) is 10.6 Å². The van der Waals surface area contributed by atoms with Crippen LogP contribution in [0.3, 0.4) is 0 Å². The van der Waals surface area contributed by atoms with E-state index < -0.39 is 18.3 Å². The fourth-order valence-electron chi connectivity index (χ4n) is 3.69. The summed E-state index contributed by atoms with van der Waals surface area (Å²) in [5.74, 6) is 0.873. The van der Waals surface area contributed by atoms with Gasteiger partial charge in [0.05, 0.1) is 39.2 Å². The lowest BCUT2D eigenvalue weighted by Gasteiger charge is -2.18. The minimum Gasteiger partial charge on any atom is -0.497 e. The minimum atomic E-state index is -0.648. The van der Waals surface area contributed by atoms with E-state index in [4.69, 9.17) is 23.7 Å². The number of anilines is 1. The van der Waals surface area contributed by atoms with Crippen molar-refractivity contribution in [1.82, 2.24) is 5.32 Å². The Kier molecular flexibility index (Phi) is 6.24. The second-order valence-corrected chi connectivity index (χ2v) is 7.21. The molecular formula is C22H24N2O7. The first-order valence-electron chi connectivity index (χ1n) is 9.87. The quantitative estimate of drug-likeness (QED) is 0.727. The molecule has 2 aromatic carbocycles. The Morgan fingerprint density at radius 3 is 2.29 bits per heavy atom. The molecule has 2 aliphatic rings. The fraction of sp³-hybridized carbons (Fsp3) is 0.364. The summed E-state index contributed by atoms with van der Waals surface area (Å²) < 4.78 is 27.5. The van der Waals surface area contributed by atoms with Crippen LogP contribution in [-0.4, -0.2) is 63.8 Å². The Bertz CT molecular complexity index is 914. The highest BCUT2D eigenvalue weighted by atomic mass is 16.6. The van der Waals surface area contributed by atoms with E-state index >= 15 is 0 Å². The predicted octanol–water partition coefficient (Wildman–Crippen LogP) is 2.22. The van der Waals surface area contributed by atoms with Crippen LogP contribution >= 0.6 is 0 Å². The zero-order valence-electron chi connectivity index (χ0n) is 17.2. The number of benzene rings is 2. The van der Waals surface area contributed by atoms with Crippen molar-refractivity contribution in [2.75, 3.05) is 32.8 Å². The minimum absolute atomic E-state index is 0.182. The smallest absolute Gasteiger partial charge is 0.412 e. The van der Waals surface area contributed by atoms with E-state index in [1.54, 1.807) is 42.5 Å². The van der Waals surface area contributed by atoms with Gasteiger partial charge in [0.15, 0.2) is 6.10 Å². The van der Waals surface area contributed by atoms with Gasteiger partial charge in [-0.3, -0.25) is 10.1 Å². The Balaban J connectivity index is 1.33. The maximum absolute atomic E-state index is 12.4. The van der Waals surface area contributed by atoms with E-state index in [0.29, 0.717) is 22.7 Å². The van der Waals surface area contributed by atoms with E-state index in [1.807, 2.05) is 6.07 Å². The SMILES string of the molecule is COc1cc(NC(=O)O[C@@H]2CO[C@H]3[C@@H]2OC[C@@H]3NC(=O)c2ccccc2)cc(OC)c1. The van der Waals surface area contributed by atoms with Crippen molar-refractivity contribution in [2.45, 2.75) is 24.4 Å². The molecule has 2 amide bonds. The Morgan fingerprint density at radius 1 is 0.935 bits per heavy atom. The second kappa shape index (κ2) is 9.23. The maximum atomic E-state index is 12.4. The number of nitrogens with one attached hydrogen (secondary N) is 2. The summed E-state index contributed by atoms with van der Waals surface area (Å²) >= 11 is 0. The number of methoxy groups -OCH3 is 2. The van der Waals surface area contributed by atoms with Crippen LogP contribution in [0.2, 0.25) is 0 Å². The van der Waals surface area contributed by atoms with Crippen molar-refractivity contribution in [3.05, 3.63) is 54.1 Å². The molecule has 4 rings (SSSR count). The van der Waals surface area contributed by atoms with Gasteiger partial charge in [0.1, 0.15) is 23.7 Å². The van der Waals surface area contributed by atoms with E-state index in [-0.39, 0.29) is 31.3 Å². The number of rotatable bonds is 6. The largest absolute Gasteiger partial charge is 0.497 e. The number of hydrogen-bond acceptors (Lipinski definition) is 7. The molecule has 2 aliphatic heterocycles. The summed E-state index contributed by atoms with van der Waals surface area (Å²) in [5.41, 5.74) is 1.03. The highest BCUT2D eigenvalue weighted by Gasteiger charge is 2.50. The van der Waals surface area contributed by atoms with Gasteiger partial charge >= 0.3 is 6.09 Å². The topological polar surface area (TPSA) is 104 Å². The first-order chi connectivity index (χ1) is 15.1. The van der Waals surface area contributed by atoms with Crippen LogP contribution in [0.5, 0.6) is 11.5 Å². The van der Waals surface area contributed by atoms with Gasteiger partial charge < -0.3 is 29.0 Å². The maximum Gasteiger partial charge on any atom is 0.412 e. The molecule has 0 bridgehead atoms. The first-order valence-corrected chi connectivity index (χ1v) is 9.87. The highest BCUT2D eigenvalue weighted by Crippen LogP contribution is 2.30. The average molecular weight is 428 g/mol. The summed E-state index contributed by atoms with van der Waals surface area (Å²) in [6.45, 7) is 0.463. The molecule has 9 heteroatoms. The Hall–Kier alpha value is -3.30. The molecule has 2 aromatic rings. The van der Waals surface area contributed by atoms with Gasteiger partial charge in [0, 0.05) is 23.8 Å². The third-order valence-corrected chi connectivity index (χ3v) is 5.22. The second-order valence-electron chi connectivity index (χ2n) is 7.21. The number of ether oxygens (including phenoxy) is 5. The van der Waals surface area contributed by atoms with Crippen molar-refractivity contribution in [1.29, 1.82) is 0 Å². The Morgan fingerprint density at radius 2 is 1.61 bits per heavy atom. The number of carbonyl (C=O) groups excluding carboxylic acids is 2. The third kappa shape index (κ3) is 4.73. The standard InChI is InChI=1S/C22H24N2O7/c1-27-15-8-14(9-16(10-15)28-2)23-22(26)31-18-12-30-19-17(11-29-20(18)19)24-21(25)13-6-4-3-5-7-13/h3-10,17-20H,11-12H2,1-2H3,(H,23,26)(H,24,25)/t17-,18+,19+,20+/m0/s1. The van der Waals surface area contributed by atoms with Crippen LogP contribution in [0.15, 0.2) is 48.5 Å². The normalized spacial score (nSPS) is 24.2. The molecule has 2 saturated heterocycles. The fourth-order valence-corrected chi connectivity index (χ4v) is 3.69. The van der Waals surface area contributed by atoms with Crippen molar-refractivity contribution >= 4 is 17.7 Å². The molecule has 2 heterocycles. The van der Waals surface area contributed by atoms with Gasteiger partial charge in [-0.15, -0.1) is 0 Å². The van der Waals surface area contributed by atoms with E-state index in [9.17, 15) is 9.59 Å². The molecule has 0 saturated carbocycles. The van der Waals surface area contributed by atoms with Gasteiger partial charge in [0.2, 0.25) is 0 Å². The molecule has 9 nitrogen and oxygen atoms in total. The molecule has 0 unspecified atom stereocenters. The third-order valence-electron chi connectivity index (χ3n) is 5.22. The van der Waals surface area contributed by atoms with Crippen LogP contribution in [0.25, 0.3) is 0 Å². The molecule has 31 heavy (non-hydrogen) atoms. The average Bonchev–Trinajstić information content (AvgIpc) is 3.37. The molecular weight excluding hydrogens is 404 g/mol. The number of hydrogen-bond donors (Lipinski definition) is 2. The van der Waals surface area contributed by atoms with E-state index in [0.717, 1.165) is 0 Å². The lowest BCUT2D eigenvalue weighted by atomic mass is 10.1. The molecule has 0 spiro atoms. The zero-order chi connectivity index (χ0) is 21.8. The number of fused-ring (bicyclic) bond motifs is 1. The van der Waals surface area contributed by atoms with Crippen molar-refractivity contribution < 1.29 is 33.3 Å². The summed E-state index contributed by atoms with van der Waals surface area (Å²) in [6.07, 6.45) is -2.07. The van der Waals surface area contributed by atoms with Crippen LogP contribution in [0.1, 0.15) is 10.4 Å².